The minimum absolute atomic E-state index is 0.129. The molecule has 0 spiro atoms. The summed E-state index contributed by atoms with van der Waals surface area (Å²) in [5.74, 6) is 0.712. The van der Waals surface area contributed by atoms with E-state index in [0.717, 1.165) is 30.0 Å². The number of aromatic nitrogens is 1. The van der Waals surface area contributed by atoms with Gasteiger partial charge in [-0.1, -0.05) is 12.1 Å². The summed E-state index contributed by atoms with van der Waals surface area (Å²) in [5, 5.41) is 3.01. The average Bonchev–Trinajstić information content (AvgIpc) is 2.74. The standard InChI is InChI=1S/C22H29FN4O/c1-3-27(17(2)19-7-9-20(23)10-8-19)22(28)25-16-18-11-12-24-21(15-18)26-13-5-4-6-14-26/h7-12,15,17H,3-6,13-14,16H2,1-2H3,(H,25,28). The van der Waals surface area contributed by atoms with Gasteiger partial charge in [-0.2, -0.15) is 0 Å². The van der Waals surface area contributed by atoms with Crippen LogP contribution in [0.4, 0.5) is 15.0 Å². The number of benzene rings is 1. The van der Waals surface area contributed by atoms with E-state index >= 15 is 0 Å². The van der Waals surface area contributed by atoms with Gasteiger partial charge in [0.05, 0.1) is 6.04 Å². The van der Waals surface area contributed by atoms with Gasteiger partial charge in [0.15, 0.2) is 0 Å². The summed E-state index contributed by atoms with van der Waals surface area (Å²) in [7, 11) is 0. The second-order valence-corrected chi connectivity index (χ2v) is 7.24. The fourth-order valence-electron chi connectivity index (χ4n) is 3.66. The first-order valence-electron chi connectivity index (χ1n) is 10.1. The summed E-state index contributed by atoms with van der Waals surface area (Å²) < 4.78 is 13.2. The number of amides is 2. The number of nitrogens with one attached hydrogen (secondary N) is 1. The van der Waals surface area contributed by atoms with Crippen LogP contribution in [0.15, 0.2) is 42.6 Å². The summed E-state index contributed by atoms with van der Waals surface area (Å²) in [6, 6.07) is 10.0. The van der Waals surface area contributed by atoms with Crippen molar-refractivity contribution in [3.05, 3.63) is 59.5 Å². The minimum Gasteiger partial charge on any atom is -0.357 e. The molecule has 1 fully saturated rings. The van der Waals surface area contributed by atoms with E-state index in [1.807, 2.05) is 26.1 Å². The van der Waals surface area contributed by atoms with Crippen molar-refractivity contribution in [1.29, 1.82) is 0 Å². The van der Waals surface area contributed by atoms with Crippen LogP contribution in [0, 0.1) is 5.82 Å². The molecule has 1 unspecified atom stereocenters. The molecule has 28 heavy (non-hydrogen) atoms. The lowest BCUT2D eigenvalue weighted by molar-refractivity contribution is 0.182. The van der Waals surface area contributed by atoms with Gasteiger partial charge in [0.1, 0.15) is 11.6 Å². The first-order valence-corrected chi connectivity index (χ1v) is 10.1. The van der Waals surface area contributed by atoms with Gasteiger partial charge < -0.3 is 15.1 Å². The minimum atomic E-state index is -0.273. The maximum atomic E-state index is 13.2. The van der Waals surface area contributed by atoms with Crippen LogP contribution < -0.4 is 10.2 Å². The van der Waals surface area contributed by atoms with Crippen LogP contribution in [0.25, 0.3) is 0 Å². The molecule has 2 heterocycles. The Kier molecular flexibility index (Phi) is 6.85. The quantitative estimate of drug-likeness (QED) is 0.797. The first-order chi connectivity index (χ1) is 13.6. The molecule has 1 aromatic heterocycles. The lowest BCUT2D eigenvalue weighted by Crippen LogP contribution is -2.41. The van der Waals surface area contributed by atoms with Crippen LogP contribution in [0.2, 0.25) is 0 Å². The van der Waals surface area contributed by atoms with E-state index in [1.54, 1.807) is 17.0 Å². The lowest BCUT2D eigenvalue weighted by Gasteiger charge is -2.29. The normalized spacial score (nSPS) is 15.2. The monoisotopic (exact) mass is 384 g/mol. The molecule has 0 bridgehead atoms. The SMILES string of the molecule is CCN(C(=O)NCc1ccnc(N2CCCCC2)c1)C(C)c1ccc(F)cc1. The highest BCUT2D eigenvalue weighted by Crippen LogP contribution is 2.21. The smallest absolute Gasteiger partial charge is 0.318 e. The summed E-state index contributed by atoms with van der Waals surface area (Å²) >= 11 is 0. The molecule has 1 N–H and O–H groups in total. The highest BCUT2D eigenvalue weighted by molar-refractivity contribution is 5.74. The zero-order chi connectivity index (χ0) is 19.9. The Morgan fingerprint density at radius 1 is 1.21 bits per heavy atom. The second kappa shape index (κ2) is 9.53. The summed E-state index contributed by atoms with van der Waals surface area (Å²) in [6.07, 6.45) is 5.50. The van der Waals surface area contributed by atoms with E-state index in [9.17, 15) is 9.18 Å². The van der Waals surface area contributed by atoms with Crippen LogP contribution >= 0.6 is 0 Å². The van der Waals surface area contributed by atoms with E-state index < -0.39 is 0 Å². The van der Waals surface area contributed by atoms with Crippen molar-refractivity contribution < 1.29 is 9.18 Å². The molecule has 150 valence electrons. The molecule has 1 aliphatic heterocycles. The fraction of sp³-hybridized carbons (Fsp3) is 0.455. The van der Waals surface area contributed by atoms with Crippen molar-refractivity contribution in [3.8, 4) is 0 Å². The number of rotatable bonds is 6. The maximum Gasteiger partial charge on any atom is 0.318 e. The Labute approximate surface area is 166 Å². The van der Waals surface area contributed by atoms with Gasteiger partial charge in [-0.15, -0.1) is 0 Å². The first kappa shape index (κ1) is 20.1. The zero-order valence-corrected chi connectivity index (χ0v) is 16.7. The van der Waals surface area contributed by atoms with Gasteiger partial charge in [-0.3, -0.25) is 0 Å². The van der Waals surface area contributed by atoms with Gasteiger partial charge in [-0.05, 0) is 68.5 Å². The molecule has 0 saturated carbocycles. The van der Waals surface area contributed by atoms with Gasteiger partial charge in [-0.25, -0.2) is 14.2 Å². The number of anilines is 1. The number of piperidine rings is 1. The van der Waals surface area contributed by atoms with Crippen molar-refractivity contribution in [3.63, 3.8) is 0 Å². The number of carbonyl (C=O) groups is 1. The van der Waals surface area contributed by atoms with Crippen molar-refractivity contribution in [2.45, 2.75) is 45.7 Å². The third-order valence-corrected chi connectivity index (χ3v) is 5.36. The molecule has 5 nitrogen and oxygen atoms in total. The average molecular weight is 384 g/mol. The summed E-state index contributed by atoms with van der Waals surface area (Å²) in [5.41, 5.74) is 1.95. The van der Waals surface area contributed by atoms with Crippen LogP contribution in [-0.4, -0.2) is 35.5 Å². The number of urea groups is 1. The van der Waals surface area contributed by atoms with Crippen LogP contribution in [0.3, 0.4) is 0 Å². The molecular formula is C22H29FN4O. The molecule has 1 aliphatic rings. The van der Waals surface area contributed by atoms with Crippen LogP contribution in [-0.2, 0) is 6.54 Å². The predicted octanol–water partition coefficient (Wildman–Crippen LogP) is 4.50. The molecule has 1 atom stereocenters. The zero-order valence-electron chi connectivity index (χ0n) is 16.7. The third kappa shape index (κ3) is 5.00. The highest BCUT2D eigenvalue weighted by Gasteiger charge is 2.20. The van der Waals surface area contributed by atoms with Crippen LogP contribution in [0.5, 0.6) is 0 Å². The van der Waals surface area contributed by atoms with E-state index in [4.69, 9.17) is 0 Å². The Bertz CT molecular complexity index is 774. The molecular weight excluding hydrogens is 355 g/mol. The fourth-order valence-corrected chi connectivity index (χ4v) is 3.66. The highest BCUT2D eigenvalue weighted by atomic mass is 19.1. The number of nitrogens with zero attached hydrogens (tertiary/aromatic N) is 3. The van der Waals surface area contributed by atoms with Gasteiger partial charge >= 0.3 is 6.03 Å². The molecule has 0 aliphatic carbocycles. The number of hydrogen-bond donors (Lipinski definition) is 1. The third-order valence-electron chi connectivity index (χ3n) is 5.36. The topological polar surface area (TPSA) is 48.5 Å². The second-order valence-electron chi connectivity index (χ2n) is 7.24. The molecule has 2 amide bonds. The van der Waals surface area contributed by atoms with Crippen molar-refractivity contribution >= 4 is 11.8 Å². The Morgan fingerprint density at radius 3 is 2.61 bits per heavy atom. The van der Waals surface area contributed by atoms with Gasteiger partial charge in [0.25, 0.3) is 0 Å². The van der Waals surface area contributed by atoms with E-state index in [-0.39, 0.29) is 17.9 Å². The largest absolute Gasteiger partial charge is 0.357 e. The van der Waals surface area contributed by atoms with E-state index in [0.29, 0.717) is 13.1 Å². The number of hydrogen-bond acceptors (Lipinski definition) is 3. The van der Waals surface area contributed by atoms with E-state index in [1.165, 1.54) is 31.4 Å². The molecule has 1 aromatic carbocycles. The number of carbonyl (C=O) groups excluding carboxylic acids is 1. The number of halogens is 1. The number of pyridine rings is 1. The van der Waals surface area contributed by atoms with Gasteiger partial charge in [0.2, 0.25) is 0 Å². The molecule has 1 saturated heterocycles. The molecule has 0 radical (unpaired) electrons. The molecule has 3 rings (SSSR count). The molecule has 2 aromatic rings. The molecule has 6 heteroatoms. The lowest BCUT2D eigenvalue weighted by atomic mass is 10.1. The van der Waals surface area contributed by atoms with Crippen molar-refractivity contribution in [1.82, 2.24) is 15.2 Å². The Morgan fingerprint density at radius 2 is 1.93 bits per heavy atom. The van der Waals surface area contributed by atoms with Crippen LogP contribution in [0.1, 0.15) is 50.3 Å². The predicted molar refractivity (Wildman–Crippen MR) is 110 cm³/mol. The van der Waals surface area contributed by atoms with Crippen molar-refractivity contribution in [2.75, 3.05) is 24.5 Å². The van der Waals surface area contributed by atoms with Crippen molar-refractivity contribution in [2.24, 2.45) is 0 Å². The van der Waals surface area contributed by atoms with Gasteiger partial charge in [0, 0.05) is 32.4 Å². The summed E-state index contributed by atoms with van der Waals surface area (Å²) in [6.45, 7) is 7.01. The maximum absolute atomic E-state index is 13.2. The Hall–Kier alpha value is -2.63. The summed E-state index contributed by atoms with van der Waals surface area (Å²) in [4.78, 5) is 21.3. The van der Waals surface area contributed by atoms with E-state index in [2.05, 4.69) is 21.3 Å². The Balaban J connectivity index is 1.61.